The summed E-state index contributed by atoms with van der Waals surface area (Å²) in [5, 5.41) is 0. The van der Waals surface area contributed by atoms with Crippen molar-refractivity contribution >= 4 is 119 Å². The number of ether oxygens (including phenoxy) is 3. The first-order valence-electron chi connectivity index (χ1n) is 10.6. The topological polar surface area (TPSA) is 27.7 Å². The molecule has 0 aliphatic heterocycles. The molecular formula is C24H21BBr6O3. The molecule has 0 aromatic heterocycles. The lowest BCUT2D eigenvalue weighted by Gasteiger charge is -2.26. The smallest absolute Gasteiger partial charge is 0.250 e. The molecule has 3 rings (SSSR count). The summed E-state index contributed by atoms with van der Waals surface area (Å²) in [6.45, 7) is 7.35. The summed E-state index contributed by atoms with van der Waals surface area (Å²) in [7, 11) is 0. The van der Waals surface area contributed by atoms with Gasteiger partial charge in [0.15, 0.2) is 0 Å². The van der Waals surface area contributed by atoms with Gasteiger partial charge in [0, 0.05) is 13.4 Å². The van der Waals surface area contributed by atoms with Crippen molar-refractivity contribution in [2.75, 3.05) is 19.8 Å². The lowest BCUT2D eigenvalue weighted by atomic mass is 9.36. The molecule has 34 heavy (non-hydrogen) atoms. The van der Waals surface area contributed by atoms with Gasteiger partial charge in [-0.15, -0.1) is 0 Å². The van der Waals surface area contributed by atoms with Gasteiger partial charge in [0.2, 0.25) is 0 Å². The van der Waals surface area contributed by atoms with Crippen LogP contribution in [-0.2, 0) is 0 Å². The Kier molecular flexibility index (Phi) is 10.9. The fourth-order valence-electron chi connectivity index (χ4n) is 3.68. The van der Waals surface area contributed by atoms with Crippen LogP contribution in [0.15, 0.2) is 63.2 Å². The van der Waals surface area contributed by atoms with Crippen molar-refractivity contribution in [1.29, 1.82) is 0 Å². The molecule has 0 aliphatic rings. The van der Waals surface area contributed by atoms with Crippen molar-refractivity contribution in [3.63, 3.8) is 0 Å². The minimum Gasteiger partial charge on any atom is -0.493 e. The maximum Gasteiger partial charge on any atom is 0.250 e. The molecule has 0 atom stereocenters. The fraction of sp³-hybridized carbons (Fsp3) is 0.250. The molecule has 3 aromatic rings. The van der Waals surface area contributed by atoms with Gasteiger partial charge in [0.25, 0.3) is 6.71 Å². The van der Waals surface area contributed by atoms with Crippen molar-refractivity contribution in [2.45, 2.75) is 20.8 Å². The van der Waals surface area contributed by atoms with Crippen LogP contribution in [0.5, 0.6) is 17.2 Å². The summed E-state index contributed by atoms with van der Waals surface area (Å²) in [6.07, 6.45) is 0. The van der Waals surface area contributed by atoms with Crippen molar-refractivity contribution in [2.24, 2.45) is 0 Å². The third-order valence-electron chi connectivity index (χ3n) is 5.04. The molecule has 0 saturated heterocycles. The summed E-state index contributed by atoms with van der Waals surface area (Å²) in [5.41, 5.74) is 3.03. The van der Waals surface area contributed by atoms with Crippen LogP contribution in [-0.4, -0.2) is 26.5 Å². The Bertz CT molecular complexity index is 1040. The quantitative estimate of drug-likeness (QED) is 0.205. The van der Waals surface area contributed by atoms with Crippen LogP contribution in [0.1, 0.15) is 20.8 Å². The second-order valence-electron chi connectivity index (χ2n) is 7.05. The highest BCUT2D eigenvalue weighted by Gasteiger charge is 2.35. The van der Waals surface area contributed by atoms with Crippen LogP contribution in [0.25, 0.3) is 0 Å². The Morgan fingerprint density at radius 3 is 1.00 bits per heavy atom. The highest BCUT2D eigenvalue weighted by molar-refractivity contribution is 9.12. The fourth-order valence-corrected chi connectivity index (χ4v) is 8.22. The summed E-state index contributed by atoms with van der Waals surface area (Å²) >= 11 is 23.0. The normalized spacial score (nSPS) is 10.9. The van der Waals surface area contributed by atoms with E-state index in [2.05, 4.69) is 95.6 Å². The highest BCUT2D eigenvalue weighted by atomic mass is 79.9. The first-order chi connectivity index (χ1) is 16.3. The predicted molar refractivity (Wildman–Crippen MR) is 164 cm³/mol. The van der Waals surface area contributed by atoms with E-state index in [1.807, 2.05) is 57.2 Å². The van der Waals surface area contributed by atoms with Crippen molar-refractivity contribution in [1.82, 2.24) is 0 Å². The molecule has 0 N–H and O–H groups in total. The van der Waals surface area contributed by atoms with Gasteiger partial charge in [-0.25, -0.2) is 0 Å². The third kappa shape index (κ3) is 5.93. The zero-order valence-electron chi connectivity index (χ0n) is 18.7. The van der Waals surface area contributed by atoms with E-state index < -0.39 is 0 Å². The number of benzene rings is 3. The Morgan fingerprint density at radius 2 is 0.765 bits per heavy atom. The highest BCUT2D eigenvalue weighted by Crippen LogP contribution is 2.34. The number of halogens is 6. The van der Waals surface area contributed by atoms with E-state index in [4.69, 9.17) is 14.2 Å². The third-order valence-corrected chi connectivity index (χ3v) is 9.57. The Labute approximate surface area is 251 Å². The molecule has 0 heterocycles. The number of rotatable bonds is 9. The molecule has 180 valence electrons. The lowest BCUT2D eigenvalue weighted by molar-refractivity contribution is 0.338. The van der Waals surface area contributed by atoms with Gasteiger partial charge in [0.1, 0.15) is 17.2 Å². The summed E-state index contributed by atoms with van der Waals surface area (Å²) in [5.74, 6) is 2.31. The molecule has 0 unspecified atom stereocenters. The molecule has 0 amide bonds. The van der Waals surface area contributed by atoms with E-state index in [0.29, 0.717) is 19.8 Å². The van der Waals surface area contributed by atoms with Crippen LogP contribution in [0, 0.1) is 0 Å². The van der Waals surface area contributed by atoms with Crippen LogP contribution in [0.4, 0.5) is 0 Å². The van der Waals surface area contributed by atoms with Gasteiger partial charge < -0.3 is 14.2 Å². The standard InChI is InChI=1S/C24H21BBr6O3/c1-4-32-16-10-7-13(26)19(22(16)29)25(20-14(27)8-11-17(23(20)30)33-5-2)21-15(28)9-12-18(24(21)31)34-6-3/h7-12H,4-6H2,1-3H3. The van der Waals surface area contributed by atoms with E-state index in [9.17, 15) is 0 Å². The molecule has 0 spiro atoms. The molecular weight excluding hydrogens is 826 g/mol. The number of hydrogen-bond acceptors (Lipinski definition) is 3. The second-order valence-corrected chi connectivity index (χ2v) is 12.0. The minimum absolute atomic E-state index is 0.252. The summed E-state index contributed by atoms with van der Waals surface area (Å²) in [4.78, 5) is 0. The first kappa shape index (κ1) is 28.6. The van der Waals surface area contributed by atoms with Crippen molar-refractivity contribution in [3.8, 4) is 17.2 Å². The van der Waals surface area contributed by atoms with Crippen LogP contribution < -0.4 is 30.6 Å². The monoisotopic (exact) mass is 842 g/mol. The molecule has 0 fully saturated rings. The Balaban J connectivity index is 2.46. The molecule has 0 bridgehead atoms. The van der Waals surface area contributed by atoms with E-state index in [0.717, 1.165) is 60.5 Å². The molecule has 0 radical (unpaired) electrons. The average Bonchev–Trinajstić information content (AvgIpc) is 2.79. The predicted octanol–water partition coefficient (Wildman–Crippen LogP) is 7.97. The summed E-state index contributed by atoms with van der Waals surface area (Å²) in [6, 6.07) is 11.9. The van der Waals surface area contributed by atoms with E-state index >= 15 is 0 Å². The van der Waals surface area contributed by atoms with Gasteiger partial charge in [-0.2, -0.15) is 0 Å². The molecule has 0 aliphatic carbocycles. The van der Waals surface area contributed by atoms with Gasteiger partial charge in [-0.05, 0) is 121 Å². The Hall–Kier alpha value is 0.00494. The maximum absolute atomic E-state index is 5.94. The van der Waals surface area contributed by atoms with Crippen molar-refractivity contribution < 1.29 is 14.2 Å². The molecule has 3 nitrogen and oxygen atoms in total. The van der Waals surface area contributed by atoms with Gasteiger partial charge in [0.05, 0.1) is 33.2 Å². The van der Waals surface area contributed by atoms with Crippen molar-refractivity contribution in [3.05, 3.63) is 63.2 Å². The van der Waals surface area contributed by atoms with Gasteiger partial charge in [-0.1, -0.05) is 47.8 Å². The van der Waals surface area contributed by atoms with E-state index in [1.54, 1.807) is 0 Å². The van der Waals surface area contributed by atoms with Crippen LogP contribution >= 0.6 is 95.6 Å². The van der Waals surface area contributed by atoms with E-state index in [1.165, 1.54) is 0 Å². The average molecular weight is 848 g/mol. The minimum atomic E-state index is -0.252. The number of hydrogen-bond donors (Lipinski definition) is 0. The van der Waals surface area contributed by atoms with E-state index in [-0.39, 0.29) is 6.71 Å². The SMILES string of the molecule is CCOc1ccc(Br)c(B(c2c(Br)ccc(OCC)c2Br)c2c(Br)ccc(OCC)c2Br)c1Br. The van der Waals surface area contributed by atoms with Gasteiger partial charge >= 0.3 is 0 Å². The Morgan fingerprint density at radius 1 is 0.500 bits per heavy atom. The molecule has 3 aromatic carbocycles. The first-order valence-corrected chi connectivity index (χ1v) is 15.3. The zero-order chi connectivity index (χ0) is 25.0. The molecule has 10 heteroatoms. The van der Waals surface area contributed by atoms with Crippen LogP contribution in [0.2, 0.25) is 0 Å². The zero-order valence-corrected chi connectivity index (χ0v) is 28.2. The maximum atomic E-state index is 5.94. The molecule has 0 saturated carbocycles. The lowest BCUT2D eigenvalue weighted by Crippen LogP contribution is -2.55. The van der Waals surface area contributed by atoms with Crippen LogP contribution in [0.3, 0.4) is 0 Å². The second kappa shape index (κ2) is 13.0. The summed E-state index contributed by atoms with van der Waals surface area (Å²) < 4.78 is 23.2. The largest absolute Gasteiger partial charge is 0.493 e. The van der Waals surface area contributed by atoms with Gasteiger partial charge in [-0.3, -0.25) is 0 Å².